The number of anilines is 1. The number of carbonyl (C=O) groups excluding carboxylic acids is 1. The maximum absolute atomic E-state index is 11.5. The molecular formula is C12H16ClN3O2S. The van der Waals surface area contributed by atoms with Crippen LogP contribution in [0.3, 0.4) is 0 Å². The third kappa shape index (κ3) is 4.37. The molecule has 0 radical (unpaired) electrons. The summed E-state index contributed by atoms with van der Waals surface area (Å²) in [5, 5.41) is 9.49. The summed E-state index contributed by atoms with van der Waals surface area (Å²) < 4.78 is 4.65. The Kier molecular flexibility index (Phi) is 6.06. The Morgan fingerprint density at radius 3 is 2.84 bits per heavy atom. The predicted molar refractivity (Wildman–Crippen MR) is 75.7 cm³/mol. The normalized spacial score (nSPS) is 10.3. The first-order valence-corrected chi connectivity index (χ1v) is 7.05. The number of rotatable bonds is 6. The number of nitriles is 1. The Bertz CT molecular complexity index is 482. The third-order valence-corrected chi connectivity index (χ3v) is 3.78. The van der Waals surface area contributed by atoms with Gasteiger partial charge in [-0.25, -0.2) is 9.78 Å². The molecule has 1 aromatic rings. The van der Waals surface area contributed by atoms with Crippen molar-refractivity contribution in [1.29, 1.82) is 5.26 Å². The first-order valence-electron chi connectivity index (χ1n) is 5.86. The SMILES string of the molecule is COC(=O)c1sc(N(CCC#N)CC(C)C)nc1Cl. The zero-order valence-electron chi connectivity index (χ0n) is 11.1. The number of hydrogen-bond acceptors (Lipinski definition) is 6. The van der Waals surface area contributed by atoms with Crippen molar-refractivity contribution in [3.8, 4) is 6.07 Å². The van der Waals surface area contributed by atoms with E-state index in [1.807, 2.05) is 4.90 Å². The van der Waals surface area contributed by atoms with Crippen molar-refractivity contribution in [2.24, 2.45) is 5.92 Å². The van der Waals surface area contributed by atoms with Crippen LogP contribution in [-0.4, -0.2) is 31.2 Å². The Morgan fingerprint density at radius 1 is 1.63 bits per heavy atom. The van der Waals surface area contributed by atoms with Crippen LogP contribution in [0.1, 0.15) is 29.9 Å². The highest BCUT2D eigenvalue weighted by Crippen LogP contribution is 2.30. The van der Waals surface area contributed by atoms with Crippen molar-refractivity contribution in [2.75, 3.05) is 25.1 Å². The summed E-state index contributed by atoms with van der Waals surface area (Å²) in [4.78, 5) is 18.0. The monoisotopic (exact) mass is 301 g/mol. The molecule has 7 heteroatoms. The van der Waals surface area contributed by atoms with E-state index in [0.717, 1.165) is 6.54 Å². The van der Waals surface area contributed by atoms with Gasteiger partial charge in [0.1, 0.15) is 0 Å². The molecule has 0 aliphatic rings. The smallest absolute Gasteiger partial charge is 0.351 e. The lowest BCUT2D eigenvalue weighted by Gasteiger charge is -2.22. The number of methoxy groups -OCH3 is 1. The van der Waals surface area contributed by atoms with Gasteiger partial charge in [0.15, 0.2) is 15.2 Å². The van der Waals surface area contributed by atoms with Crippen molar-refractivity contribution >= 4 is 34.0 Å². The summed E-state index contributed by atoms with van der Waals surface area (Å²) in [5.41, 5.74) is 0. The molecule has 19 heavy (non-hydrogen) atoms. The molecule has 0 saturated heterocycles. The summed E-state index contributed by atoms with van der Waals surface area (Å²) >= 11 is 7.13. The second-order valence-electron chi connectivity index (χ2n) is 4.36. The first-order chi connectivity index (χ1) is 8.99. The first kappa shape index (κ1) is 15.7. The van der Waals surface area contributed by atoms with Crippen LogP contribution in [0.5, 0.6) is 0 Å². The van der Waals surface area contributed by atoms with Crippen molar-refractivity contribution in [3.05, 3.63) is 10.0 Å². The second-order valence-corrected chi connectivity index (χ2v) is 5.69. The van der Waals surface area contributed by atoms with E-state index in [4.69, 9.17) is 16.9 Å². The zero-order chi connectivity index (χ0) is 14.4. The van der Waals surface area contributed by atoms with Gasteiger partial charge in [0.2, 0.25) is 0 Å². The quantitative estimate of drug-likeness (QED) is 0.756. The molecule has 0 amide bonds. The average molecular weight is 302 g/mol. The molecule has 0 aromatic carbocycles. The van der Waals surface area contributed by atoms with Gasteiger partial charge in [-0.2, -0.15) is 5.26 Å². The van der Waals surface area contributed by atoms with E-state index in [-0.39, 0.29) is 5.15 Å². The van der Waals surface area contributed by atoms with Crippen LogP contribution in [0.4, 0.5) is 5.13 Å². The van der Waals surface area contributed by atoms with E-state index in [1.165, 1.54) is 18.4 Å². The molecule has 104 valence electrons. The van der Waals surface area contributed by atoms with E-state index in [2.05, 4.69) is 29.6 Å². The Morgan fingerprint density at radius 2 is 2.32 bits per heavy atom. The number of ether oxygens (including phenoxy) is 1. The molecule has 0 bridgehead atoms. The van der Waals surface area contributed by atoms with Crippen LogP contribution < -0.4 is 4.90 Å². The van der Waals surface area contributed by atoms with Crippen LogP contribution in [0, 0.1) is 17.2 Å². The molecule has 0 aliphatic carbocycles. The molecule has 0 unspecified atom stereocenters. The van der Waals surface area contributed by atoms with Gasteiger partial charge < -0.3 is 9.64 Å². The van der Waals surface area contributed by atoms with E-state index >= 15 is 0 Å². The highest BCUT2D eigenvalue weighted by molar-refractivity contribution is 7.18. The lowest BCUT2D eigenvalue weighted by molar-refractivity contribution is 0.0606. The van der Waals surface area contributed by atoms with Crippen molar-refractivity contribution in [2.45, 2.75) is 20.3 Å². The minimum absolute atomic E-state index is 0.151. The summed E-state index contributed by atoms with van der Waals surface area (Å²) in [6, 6.07) is 2.11. The molecule has 0 N–H and O–H groups in total. The maximum Gasteiger partial charge on any atom is 0.351 e. The van der Waals surface area contributed by atoms with Crippen molar-refractivity contribution < 1.29 is 9.53 Å². The third-order valence-electron chi connectivity index (χ3n) is 2.29. The van der Waals surface area contributed by atoms with Gasteiger partial charge in [0, 0.05) is 13.1 Å². The Balaban J connectivity index is 2.96. The van der Waals surface area contributed by atoms with Gasteiger partial charge in [0.25, 0.3) is 0 Å². The molecule has 0 atom stereocenters. The summed E-state index contributed by atoms with van der Waals surface area (Å²) in [6.45, 7) is 5.48. The van der Waals surface area contributed by atoms with Gasteiger partial charge >= 0.3 is 5.97 Å². The molecule has 1 heterocycles. The van der Waals surface area contributed by atoms with Gasteiger partial charge in [-0.15, -0.1) is 0 Å². The van der Waals surface area contributed by atoms with Crippen molar-refractivity contribution in [3.63, 3.8) is 0 Å². The van der Waals surface area contributed by atoms with Crippen LogP contribution >= 0.6 is 22.9 Å². The number of esters is 1. The summed E-state index contributed by atoms with van der Waals surface area (Å²) in [6.07, 6.45) is 0.400. The fourth-order valence-corrected chi connectivity index (χ4v) is 2.77. The van der Waals surface area contributed by atoms with E-state index in [0.29, 0.717) is 28.9 Å². The van der Waals surface area contributed by atoms with E-state index in [9.17, 15) is 4.79 Å². The zero-order valence-corrected chi connectivity index (χ0v) is 12.7. The maximum atomic E-state index is 11.5. The molecule has 0 fully saturated rings. The number of carbonyl (C=O) groups is 1. The van der Waals surface area contributed by atoms with Gasteiger partial charge in [-0.05, 0) is 5.92 Å². The number of hydrogen-bond donors (Lipinski definition) is 0. The van der Waals surface area contributed by atoms with Crippen LogP contribution in [0.2, 0.25) is 5.15 Å². The van der Waals surface area contributed by atoms with Gasteiger partial charge in [0.05, 0.1) is 19.6 Å². The topological polar surface area (TPSA) is 66.2 Å². The molecule has 0 saturated carbocycles. The highest BCUT2D eigenvalue weighted by atomic mass is 35.5. The molecule has 0 spiro atoms. The predicted octanol–water partition coefficient (Wildman–Crippen LogP) is 2.96. The largest absolute Gasteiger partial charge is 0.465 e. The van der Waals surface area contributed by atoms with E-state index < -0.39 is 5.97 Å². The lowest BCUT2D eigenvalue weighted by Crippen LogP contribution is -2.28. The van der Waals surface area contributed by atoms with Crippen molar-refractivity contribution in [1.82, 2.24) is 4.98 Å². The van der Waals surface area contributed by atoms with Gasteiger partial charge in [-0.1, -0.05) is 36.8 Å². The van der Waals surface area contributed by atoms with Crippen LogP contribution in [0.25, 0.3) is 0 Å². The lowest BCUT2D eigenvalue weighted by atomic mass is 10.2. The molecule has 0 aliphatic heterocycles. The highest BCUT2D eigenvalue weighted by Gasteiger charge is 2.21. The second kappa shape index (κ2) is 7.31. The fraction of sp³-hybridized carbons (Fsp3) is 0.583. The summed E-state index contributed by atoms with van der Waals surface area (Å²) in [7, 11) is 1.31. The minimum atomic E-state index is -0.487. The molecule has 5 nitrogen and oxygen atoms in total. The number of nitrogens with zero attached hydrogens (tertiary/aromatic N) is 3. The number of halogens is 1. The Hall–Kier alpha value is -1.32. The van der Waals surface area contributed by atoms with E-state index in [1.54, 1.807) is 0 Å². The number of thiazole rings is 1. The Labute approximate surface area is 121 Å². The number of aromatic nitrogens is 1. The van der Waals surface area contributed by atoms with Gasteiger partial charge in [-0.3, -0.25) is 0 Å². The molecule has 1 aromatic heterocycles. The molecule has 1 rings (SSSR count). The average Bonchev–Trinajstić information content (AvgIpc) is 2.75. The van der Waals surface area contributed by atoms with Crippen LogP contribution in [0.15, 0.2) is 0 Å². The summed E-state index contributed by atoms with van der Waals surface area (Å²) in [5.74, 6) is -0.0681. The van der Waals surface area contributed by atoms with Crippen LogP contribution in [-0.2, 0) is 4.74 Å². The minimum Gasteiger partial charge on any atom is -0.465 e. The fourth-order valence-electron chi connectivity index (χ4n) is 1.54. The molecular weight excluding hydrogens is 286 g/mol. The standard InChI is InChI=1S/C12H16ClN3O2S/c1-8(2)7-16(6-4-5-14)12-15-10(13)9(19-12)11(17)18-3/h8H,4,6-7H2,1-3H3.